The highest BCUT2D eigenvalue weighted by Gasteiger charge is 2.21. The fourth-order valence-electron chi connectivity index (χ4n) is 1.78. The SMILES string of the molecule is Nc1ccc(C(=O)N2CCOCC2)cc1[N+](=O)[O-]. The molecule has 1 amide bonds. The summed E-state index contributed by atoms with van der Waals surface area (Å²) in [5, 5.41) is 10.8. The van der Waals surface area contributed by atoms with Crippen molar-refractivity contribution in [1.82, 2.24) is 4.90 Å². The number of anilines is 1. The third-order valence-electron chi connectivity index (χ3n) is 2.77. The number of ether oxygens (including phenoxy) is 1. The zero-order valence-electron chi connectivity index (χ0n) is 9.67. The van der Waals surface area contributed by atoms with Crippen LogP contribution in [0.2, 0.25) is 0 Å². The second-order valence-corrected chi connectivity index (χ2v) is 3.94. The lowest BCUT2D eigenvalue weighted by Gasteiger charge is -2.26. The normalized spacial score (nSPS) is 15.4. The van der Waals surface area contributed by atoms with E-state index in [1.165, 1.54) is 18.2 Å². The minimum atomic E-state index is -0.592. The van der Waals surface area contributed by atoms with Crippen molar-refractivity contribution < 1.29 is 14.5 Å². The first-order valence-corrected chi connectivity index (χ1v) is 5.50. The third kappa shape index (κ3) is 2.40. The number of rotatable bonds is 2. The van der Waals surface area contributed by atoms with Crippen molar-refractivity contribution in [2.75, 3.05) is 32.0 Å². The van der Waals surface area contributed by atoms with Gasteiger partial charge in [0.2, 0.25) is 0 Å². The average Bonchev–Trinajstić information content (AvgIpc) is 2.39. The maximum absolute atomic E-state index is 12.1. The number of nitro benzene ring substituents is 1. The van der Waals surface area contributed by atoms with Crippen LogP contribution < -0.4 is 5.73 Å². The summed E-state index contributed by atoms with van der Waals surface area (Å²) >= 11 is 0. The molecular formula is C11H13N3O4. The topological polar surface area (TPSA) is 98.7 Å². The van der Waals surface area contributed by atoms with Gasteiger partial charge in [-0.2, -0.15) is 0 Å². The molecule has 0 aromatic heterocycles. The number of morpholine rings is 1. The molecule has 1 aliphatic rings. The summed E-state index contributed by atoms with van der Waals surface area (Å²) in [7, 11) is 0. The molecule has 0 radical (unpaired) electrons. The van der Waals surface area contributed by atoms with Crippen molar-refractivity contribution in [3.8, 4) is 0 Å². The molecule has 0 saturated carbocycles. The van der Waals surface area contributed by atoms with Crippen LogP contribution >= 0.6 is 0 Å². The van der Waals surface area contributed by atoms with Crippen LogP contribution in [0.4, 0.5) is 11.4 Å². The van der Waals surface area contributed by atoms with Gasteiger partial charge in [-0.25, -0.2) is 0 Å². The van der Waals surface area contributed by atoms with Gasteiger partial charge in [0.05, 0.1) is 18.1 Å². The van der Waals surface area contributed by atoms with E-state index in [2.05, 4.69) is 0 Å². The maximum atomic E-state index is 12.1. The maximum Gasteiger partial charge on any atom is 0.292 e. The van der Waals surface area contributed by atoms with Gasteiger partial charge >= 0.3 is 0 Å². The Kier molecular flexibility index (Phi) is 3.42. The van der Waals surface area contributed by atoms with E-state index in [4.69, 9.17) is 10.5 Å². The Morgan fingerprint density at radius 1 is 1.39 bits per heavy atom. The molecule has 0 spiro atoms. The van der Waals surface area contributed by atoms with Gasteiger partial charge in [0.25, 0.3) is 11.6 Å². The summed E-state index contributed by atoms with van der Waals surface area (Å²) in [6.45, 7) is 1.97. The third-order valence-corrected chi connectivity index (χ3v) is 2.77. The Labute approximate surface area is 103 Å². The molecule has 1 aliphatic heterocycles. The molecule has 1 saturated heterocycles. The monoisotopic (exact) mass is 251 g/mol. The summed E-state index contributed by atoms with van der Waals surface area (Å²) < 4.78 is 5.14. The fraction of sp³-hybridized carbons (Fsp3) is 0.364. The Morgan fingerprint density at radius 3 is 2.67 bits per heavy atom. The summed E-state index contributed by atoms with van der Waals surface area (Å²) in [4.78, 5) is 23.9. The van der Waals surface area contributed by atoms with E-state index in [1.807, 2.05) is 0 Å². The average molecular weight is 251 g/mol. The number of nitrogen functional groups attached to an aromatic ring is 1. The van der Waals surface area contributed by atoms with Crippen molar-refractivity contribution >= 4 is 17.3 Å². The minimum absolute atomic E-state index is 0.0542. The van der Waals surface area contributed by atoms with Gasteiger partial charge in [0.15, 0.2) is 0 Å². The Morgan fingerprint density at radius 2 is 2.06 bits per heavy atom. The molecule has 2 rings (SSSR count). The number of hydrogen-bond acceptors (Lipinski definition) is 5. The Bertz CT molecular complexity index is 483. The second kappa shape index (κ2) is 5.01. The lowest BCUT2D eigenvalue weighted by molar-refractivity contribution is -0.383. The number of nitrogens with two attached hydrogens (primary N) is 1. The lowest BCUT2D eigenvalue weighted by atomic mass is 10.1. The minimum Gasteiger partial charge on any atom is -0.393 e. The molecule has 7 heteroatoms. The van der Waals surface area contributed by atoms with Crippen LogP contribution in [0.25, 0.3) is 0 Å². The summed E-state index contributed by atoms with van der Waals surface area (Å²) in [6, 6.07) is 4.10. The van der Waals surface area contributed by atoms with Gasteiger partial charge in [-0.3, -0.25) is 14.9 Å². The van der Waals surface area contributed by atoms with Gasteiger partial charge in [-0.1, -0.05) is 0 Å². The molecule has 0 bridgehead atoms. The molecule has 0 aliphatic carbocycles. The predicted molar refractivity (Wildman–Crippen MR) is 64.2 cm³/mol. The number of benzene rings is 1. The first kappa shape index (κ1) is 12.3. The van der Waals surface area contributed by atoms with E-state index in [-0.39, 0.29) is 22.8 Å². The first-order valence-electron chi connectivity index (χ1n) is 5.50. The van der Waals surface area contributed by atoms with Crippen LogP contribution in [-0.4, -0.2) is 42.0 Å². The lowest BCUT2D eigenvalue weighted by Crippen LogP contribution is -2.40. The van der Waals surface area contributed by atoms with Crippen molar-refractivity contribution in [3.05, 3.63) is 33.9 Å². The number of nitro groups is 1. The summed E-state index contributed by atoms with van der Waals surface area (Å²) in [6.07, 6.45) is 0. The number of carbonyl (C=O) groups is 1. The fourth-order valence-corrected chi connectivity index (χ4v) is 1.78. The quantitative estimate of drug-likeness (QED) is 0.472. The van der Waals surface area contributed by atoms with Gasteiger partial charge in [0.1, 0.15) is 5.69 Å². The van der Waals surface area contributed by atoms with Gasteiger partial charge in [0, 0.05) is 24.7 Å². The predicted octanol–water partition coefficient (Wildman–Crippen LogP) is 0.649. The van der Waals surface area contributed by atoms with Gasteiger partial charge < -0.3 is 15.4 Å². The molecule has 1 aromatic rings. The summed E-state index contributed by atoms with van der Waals surface area (Å²) in [5.74, 6) is -0.235. The molecule has 96 valence electrons. The van der Waals surface area contributed by atoms with Crippen molar-refractivity contribution in [1.29, 1.82) is 0 Å². The Hall–Kier alpha value is -2.15. The van der Waals surface area contributed by atoms with E-state index in [0.717, 1.165) is 0 Å². The van der Waals surface area contributed by atoms with E-state index >= 15 is 0 Å². The highest BCUT2D eigenvalue weighted by Crippen LogP contribution is 2.23. The van der Waals surface area contributed by atoms with Crippen LogP contribution in [0.15, 0.2) is 18.2 Å². The highest BCUT2D eigenvalue weighted by molar-refractivity contribution is 5.95. The zero-order valence-corrected chi connectivity index (χ0v) is 9.67. The van der Waals surface area contributed by atoms with Crippen molar-refractivity contribution in [2.24, 2.45) is 0 Å². The van der Waals surface area contributed by atoms with Gasteiger partial charge in [-0.15, -0.1) is 0 Å². The van der Waals surface area contributed by atoms with Crippen molar-refractivity contribution in [3.63, 3.8) is 0 Å². The molecule has 2 N–H and O–H groups in total. The smallest absolute Gasteiger partial charge is 0.292 e. The molecule has 1 aromatic carbocycles. The number of hydrogen-bond donors (Lipinski definition) is 1. The molecule has 18 heavy (non-hydrogen) atoms. The standard InChI is InChI=1S/C11H13N3O4/c12-9-2-1-8(7-10(9)14(16)17)11(15)13-3-5-18-6-4-13/h1-2,7H,3-6,12H2. The highest BCUT2D eigenvalue weighted by atomic mass is 16.6. The van der Waals surface area contributed by atoms with E-state index in [0.29, 0.717) is 26.3 Å². The summed E-state index contributed by atoms with van der Waals surface area (Å²) in [5.41, 5.74) is 5.57. The zero-order chi connectivity index (χ0) is 13.1. The van der Waals surface area contributed by atoms with Crippen LogP contribution in [0.1, 0.15) is 10.4 Å². The van der Waals surface area contributed by atoms with Crippen LogP contribution in [0.5, 0.6) is 0 Å². The van der Waals surface area contributed by atoms with Crippen LogP contribution in [0, 0.1) is 10.1 Å². The Balaban J connectivity index is 2.24. The second-order valence-electron chi connectivity index (χ2n) is 3.94. The number of nitrogens with zero attached hydrogens (tertiary/aromatic N) is 2. The first-order chi connectivity index (χ1) is 8.59. The largest absolute Gasteiger partial charge is 0.393 e. The van der Waals surface area contributed by atoms with Crippen molar-refractivity contribution in [2.45, 2.75) is 0 Å². The molecule has 7 nitrogen and oxygen atoms in total. The number of carbonyl (C=O) groups excluding carboxylic acids is 1. The molecular weight excluding hydrogens is 238 g/mol. The van der Waals surface area contributed by atoms with Gasteiger partial charge in [-0.05, 0) is 12.1 Å². The molecule has 1 fully saturated rings. The van der Waals surface area contributed by atoms with E-state index in [9.17, 15) is 14.9 Å². The molecule has 0 unspecified atom stereocenters. The van der Waals surface area contributed by atoms with E-state index in [1.54, 1.807) is 4.90 Å². The molecule has 1 heterocycles. The number of amides is 1. The molecule has 0 atom stereocenters. The van der Waals surface area contributed by atoms with E-state index < -0.39 is 4.92 Å². The van der Waals surface area contributed by atoms with Crippen LogP contribution in [0.3, 0.4) is 0 Å². The van der Waals surface area contributed by atoms with Crippen LogP contribution in [-0.2, 0) is 4.74 Å².